The lowest BCUT2D eigenvalue weighted by molar-refractivity contribution is 0.432. The lowest BCUT2D eigenvalue weighted by Gasteiger charge is -2.09. The van der Waals surface area contributed by atoms with Crippen LogP contribution in [0.1, 0.15) is 11.1 Å². The van der Waals surface area contributed by atoms with E-state index in [1.165, 1.54) is 24.3 Å². The van der Waals surface area contributed by atoms with Crippen molar-refractivity contribution in [3.8, 4) is 5.75 Å². The van der Waals surface area contributed by atoms with E-state index in [1.807, 2.05) is 6.92 Å². The van der Waals surface area contributed by atoms with Crippen LogP contribution in [0.25, 0.3) is 0 Å². The average Bonchev–Trinajstić information content (AvgIpc) is 2.32. The normalized spacial score (nSPS) is 10.4. The van der Waals surface area contributed by atoms with E-state index in [-0.39, 0.29) is 11.6 Å². The maximum Gasteiger partial charge on any atom is 0.166 e. The third-order valence-electron chi connectivity index (χ3n) is 2.74. The summed E-state index contributed by atoms with van der Waals surface area (Å²) in [6, 6.07) is 8.62. The van der Waals surface area contributed by atoms with Crippen LogP contribution < -0.4 is 5.32 Å². The van der Waals surface area contributed by atoms with Crippen LogP contribution in [0.15, 0.2) is 36.4 Å². The van der Waals surface area contributed by atoms with Gasteiger partial charge in [0.1, 0.15) is 5.82 Å². The summed E-state index contributed by atoms with van der Waals surface area (Å²) in [4.78, 5) is 0. The summed E-state index contributed by atoms with van der Waals surface area (Å²) in [6.45, 7) is 2.29. The second-order valence-electron chi connectivity index (χ2n) is 4.09. The quantitative estimate of drug-likeness (QED) is 0.815. The van der Waals surface area contributed by atoms with Gasteiger partial charge in [-0.1, -0.05) is 6.07 Å². The van der Waals surface area contributed by atoms with Crippen molar-refractivity contribution in [3.63, 3.8) is 0 Å². The van der Waals surface area contributed by atoms with E-state index in [1.54, 1.807) is 12.1 Å². The molecule has 0 atom stereocenters. The molecule has 2 aromatic carbocycles. The number of hydrogen-bond acceptors (Lipinski definition) is 2. The number of aromatic hydroxyl groups is 1. The summed E-state index contributed by atoms with van der Waals surface area (Å²) in [5.74, 6) is -1.32. The number of anilines is 1. The van der Waals surface area contributed by atoms with Gasteiger partial charge in [-0.05, 0) is 42.3 Å². The molecule has 2 N–H and O–H groups in total. The molecule has 0 aliphatic carbocycles. The zero-order chi connectivity index (χ0) is 13.1. The van der Waals surface area contributed by atoms with Crippen molar-refractivity contribution in [1.29, 1.82) is 0 Å². The molecule has 0 unspecified atom stereocenters. The second-order valence-corrected chi connectivity index (χ2v) is 4.09. The molecule has 0 aliphatic heterocycles. The first-order valence-electron chi connectivity index (χ1n) is 5.53. The first kappa shape index (κ1) is 12.4. The molecule has 0 saturated heterocycles. The third-order valence-corrected chi connectivity index (χ3v) is 2.74. The van der Waals surface area contributed by atoms with Crippen molar-refractivity contribution in [1.82, 2.24) is 0 Å². The van der Waals surface area contributed by atoms with Crippen LogP contribution in [0.3, 0.4) is 0 Å². The lowest BCUT2D eigenvalue weighted by atomic mass is 10.1. The Hall–Kier alpha value is -2.10. The van der Waals surface area contributed by atoms with Crippen molar-refractivity contribution >= 4 is 5.69 Å². The van der Waals surface area contributed by atoms with E-state index >= 15 is 0 Å². The molecule has 0 amide bonds. The molecule has 0 aliphatic rings. The molecule has 0 saturated carbocycles. The topological polar surface area (TPSA) is 32.3 Å². The van der Waals surface area contributed by atoms with Crippen molar-refractivity contribution in [2.24, 2.45) is 0 Å². The van der Waals surface area contributed by atoms with Gasteiger partial charge in [-0.15, -0.1) is 0 Å². The van der Waals surface area contributed by atoms with Gasteiger partial charge in [-0.25, -0.2) is 8.78 Å². The zero-order valence-corrected chi connectivity index (χ0v) is 9.87. The Morgan fingerprint density at radius 3 is 2.56 bits per heavy atom. The standard InChI is InChI=1S/C14H13F2NO/c1-9-6-11(15)3-2-10(9)8-17-12-4-5-14(18)13(16)7-12/h2-7,17-18H,8H2,1H3. The highest BCUT2D eigenvalue weighted by atomic mass is 19.1. The van der Waals surface area contributed by atoms with Crippen LogP contribution in [0.2, 0.25) is 0 Å². The van der Waals surface area contributed by atoms with Crippen LogP contribution in [0.4, 0.5) is 14.5 Å². The van der Waals surface area contributed by atoms with Gasteiger partial charge < -0.3 is 10.4 Å². The van der Waals surface area contributed by atoms with E-state index in [4.69, 9.17) is 5.11 Å². The molecular weight excluding hydrogens is 236 g/mol. The summed E-state index contributed by atoms with van der Waals surface area (Å²) in [5.41, 5.74) is 2.33. The fraction of sp³-hybridized carbons (Fsp3) is 0.143. The van der Waals surface area contributed by atoms with Crippen LogP contribution in [0, 0.1) is 18.6 Å². The van der Waals surface area contributed by atoms with Crippen molar-refractivity contribution in [2.45, 2.75) is 13.5 Å². The molecule has 2 rings (SSSR count). The van der Waals surface area contributed by atoms with Crippen molar-refractivity contribution < 1.29 is 13.9 Å². The number of aryl methyl sites for hydroxylation is 1. The molecule has 0 heterocycles. The molecule has 2 nitrogen and oxygen atoms in total. The summed E-state index contributed by atoms with van der Waals surface area (Å²) in [7, 11) is 0. The van der Waals surface area contributed by atoms with Crippen LogP contribution in [-0.4, -0.2) is 5.11 Å². The highest BCUT2D eigenvalue weighted by Crippen LogP contribution is 2.20. The Balaban J connectivity index is 2.09. The first-order valence-corrected chi connectivity index (χ1v) is 5.53. The summed E-state index contributed by atoms with van der Waals surface area (Å²) < 4.78 is 26.0. The SMILES string of the molecule is Cc1cc(F)ccc1CNc1ccc(O)c(F)c1. The highest BCUT2D eigenvalue weighted by molar-refractivity contribution is 5.47. The summed E-state index contributed by atoms with van der Waals surface area (Å²) in [6.07, 6.45) is 0. The zero-order valence-electron chi connectivity index (χ0n) is 9.87. The Labute approximate surface area is 104 Å². The number of phenols is 1. The van der Waals surface area contributed by atoms with Gasteiger partial charge in [0.25, 0.3) is 0 Å². The van der Waals surface area contributed by atoms with Gasteiger partial charge in [-0.2, -0.15) is 0 Å². The molecule has 0 aromatic heterocycles. The number of hydrogen-bond donors (Lipinski definition) is 2. The molecule has 94 valence electrons. The number of rotatable bonds is 3. The van der Waals surface area contributed by atoms with E-state index in [9.17, 15) is 8.78 Å². The van der Waals surface area contributed by atoms with Gasteiger partial charge >= 0.3 is 0 Å². The molecular formula is C14H13F2NO. The second kappa shape index (κ2) is 5.04. The molecule has 0 spiro atoms. The predicted octanol–water partition coefficient (Wildman–Crippen LogP) is 3.59. The molecule has 0 radical (unpaired) electrons. The molecule has 4 heteroatoms. The lowest BCUT2D eigenvalue weighted by Crippen LogP contribution is -2.01. The van der Waals surface area contributed by atoms with E-state index in [0.29, 0.717) is 12.2 Å². The highest BCUT2D eigenvalue weighted by Gasteiger charge is 2.03. The number of nitrogens with one attached hydrogen (secondary N) is 1. The molecule has 18 heavy (non-hydrogen) atoms. The van der Waals surface area contributed by atoms with E-state index in [0.717, 1.165) is 11.1 Å². The van der Waals surface area contributed by atoms with Crippen molar-refractivity contribution in [3.05, 3.63) is 59.2 Å². The summed E-state index contributed by atoms with van der Waals surface area (Å²) in [5, 5.41) is 12.1. The Bertz CT molecular complexity index is 570. The Kier molecular flexibility index (Phi) is 3.46. The number of halogens is 2. The third kappa shape index (κ3) is 2.77. The van der Waals surface area contributed by atoms with Gasteiger partial charge in [0.15, 0.2) is 11.6 Å². The minimum Gasteiger partial charge on any atom is -0.505 e. The monoisotopic (exact) mass is 249 g/mol. The Morgan fingerprint density at radius 1 is 1.11 bits per heavy atom. The number of phenolic OH excluding ortho intramolecular Hbond substituents is 1. The largest absolute Gasteiger partial charge is 0.505 e. The molecule has 0 fully saturated rings. The number of benzene rings is 2. The average molecular weight is 249 g/mol. The maximum atomic E-state index is 13.1. The maximum absolute atomic E-state index is 13.1. The van der Waals surface area contributed by atoms with E-state index in [2.05, 4.69) is 5.32 Å². The van der Waals surface area contributed by atoms with Gasteiger partial charge in [0, 0.05) is 18.3 Å². The summed E-state index contributed by atoms with van der Waals surface area (Å²) >= 11 is 0. The van der Waals surface area contributed by atoms with Gasteiger partial charge in [0.05, 0.1) is 0 Å². The first-order chi connectivity index (χ1) is 8.56. The smallest absolute Gasteiger partial charge is 0.166 e. The van der Waals surface area contributed by atoms with Gasteiger partial charge in [0.2, 0.25) is 0 Å². The Morgan fingerprint density at radius 2 is 1.89 bits per heavy atom. The van der Waals surface area contributed by atoms with Crippen molar-refractivity contribution in [2.75, 3.05) is 5.32 Å². The predicted molar refractivity (Wildman–Crippen MR) is 66.5 cm³/mol. The molecule has 2 aromatic rings. The minimum atomic E-state index is -0.671. The fourth-order valence-electron chi connectivity index (χ4n) is 1.67. The van der Waals surface area contributed by atoms with Gasteiger partial charge in [-0.3, -0.25) is 0 Å². The van der Waals surface area contributed by atoms with Crippen LogP contribution >= 0.6 is 0 Å². The fourth-order valence-corrected chi connectivity index (χ4v) is 1.67. The minimum absolute atomic E-state index is 0.271. The van der Waals surface area contributed by atoms with Crippen LogP contribution in [-0.2, 0) is 6.54 Å². The molecule has 0 bridgehead atoms. The van der Waals surface area contributed by atoms with Crippen LogP contribution in [0.5, 0.6) is 5.75 Å². The van der Waals surface area contributed by atoms with E-state index < -0.39 is 5.82 Å².